The lowest BCUT2D eigenvalue weighted by Gasteiger charge is -2.32. The fourth-order valence-electron chi connectivity index (χ4n) is 5.62. The van der Waals surface area contributed by atoms with Crippen molar-refractivity contribution in [2.75, 3.05) is 6.54 Å². The number of H-pyrrole nitrogens is 1. The summed E-state index contributed by atoms with van der Waals surface area (Å²) in [4.78, 5) is 26.5. The Morgan fingerprint density at radius 1 is 1.11 bits per heavy atom. The number of benzene rings is 2. The van der Waals surface area contributed by atoms with Crippen molar-refractivity contribution in [2.45, 2.75) is 70.5 Å². The van der Waals surface area contributed by atoms with Gasteiger partial charge < -0.3 is 9.05 Å². The molecular formula is C28H36N3O4PSi. The Bertz CT molecular complexity index is 1280. The van der Waals surface area contributed by atoms with Gasteiger partial charge in [0.05, 0.1) is 18.8 Å². The first kappa shape index (κ1) is 26.3. The molecule has 0 spiro atoms. The lowest BCUT2D eigenvalue weighted by atomic mass is 10.1. The number of aryl methyl sites for hydroxylation is 1. The quantitative estimate of drug-likeness (QED) is 0.333. The van der Waals surface area contributed by atoms with Gasteiger partial charge in [0.25, 0.3) is 14.1 Å². The lowest BCUT2D eigenvalue weighted by Crippen LogP contribution is -2.58. The molecule has 0 amide bonds. The Balaban J connectivity index is 1.37. The molecule has 2 aliphatic rings. The van der Waals surface area contributed by atoms with Gasteiger partial charge in [0.15, 0.2) is 0 Å². The smallest absolute Gasteiger partial charge is 0.317 e. The Labute approximate surface area is 220 Å². The highest BCUT2D eigenvalue weighted by atomic mass is 31.2. The fourth-order valence-corrected chi connectivity index (χ4v) is 11.6. The molecule has 0 unspecified atom stereocenters. The van der Waals surface area contributed by atoms with E-state index in [-0.39, 0.29) is 17.8 Å². The normalized spacial score (nSPS) is 22.7. The first-order valence-electron chi connectivity index (χ1n) is 13.2. The molecule has 2 fully saturated rings. The van der Waals surface area contributed by atoms with E-state index in [2.05, 4.69) is 83.8 Å². The number of hydrogen-bond donors (Lipinski definition) is 1. The number of rotatable bonds is 9. The standard InChI is InChI=1S/C28H36N3O4PSi/c1-4-22(19-30-18-21(2)27(32)29-28(30)33)34-36-31-17-11-16-25(31)26(35-36)20-37(3,23-12-7-5-8-13-23)24-14-9-6-10-15-24/h5-10,12-15,18,22,25-26H,4,11,16-17,19-20H2,1-3H3,(H,29,32,33)/t22-,25-,26+,36-/m0/s1. The summed E-state index contributed by atoms with van der Waals surface area (Å²) in [6.07, 6.45) is 4.57. The zero-order valence-electron chi connectivity index (χ0n) is 21.8. The zero-order chi connectivity index (χ0) is 26.0. The molecule has 2 saturated heterocycles. The molecule has 2 aromatic carbocycles. The second-order valence-electron chi connectivity index (χ2n) is 10.4. The van der Waals surface area contributed by atoms with Crippen LogP contribution in [0.5, 0.6) is 0 Å². The number of hydrogen-bond acceptors (Lipinski definition) is 5. The highest BCUT2D eigenvalue weighted by molar-refractivity contribution is 7.45. The first-order valence-corrected chi connectivity index (χ1v) is 17.0. The SMILES string of the molecule is CC[C@@H](Cn1cc(C)c(=O)[nH]c1=O)O[P@@]1O[C@H](C[Si](C)(c2ccccc2)c2ccccc2)[C@@H]2CCCN21. The van der Waals surface area contributed by atoms with Gasteiger partial charge in [-0.15, -0.1) is 0 Å². The van der Waals surface area contributed by atoms with Crippen molar-refractivity contribution in [1.29, 1.82) is 0 Å². The van der Waals surface area contributed by atoms with Crippen LogP contribution in [0.15, 0.2) is 76.4 Å². The molecule has 0 aliphatic carbocycles. The van der Waals surface area contributed by atoms with Gasteiger partial charge in [-0.3, -0.25) is 14.3 Å². The van der Waals surface area contributed by atoms with Gasteiger partial charge in [0.2, 0.25) is 0 Å². The van der Waals surface area contributed by atoms with E-state index in [9.17, 15) is 9.59 Å². The van der Waals surface area contributed by atoms with Gasteiger partial charge in [0.1, 0.15) is 8.07 Å². The molecule has 0 radical (unpaired) electrons. The van der Waals surface area contributed by atoms with E-state index in [0.29, 0.717) is 18.2 Å². The van der Waals surface area contributed by atoms with E-state index in [4.69, 9.17) is 9.05 Å². The van der Waals surface area contributed by atoms with E-state index in [1.54, 1.807) is 17.7 Å². The van der Waals surface area contributed by atoms with E-state index >= 15 is 0 Å². The topological polar surface area (TPSA) is 76.6 Å². The van der Waals surface area contributed by atoms with Gasteiger partial charge in [-0.1, -0.05) is 84.5 Å². The molecule has 37 heavy (non-hydrogen) atoms. The maximum Gasteiger partial charge on any atom is 0.328 e. The molecule has 0 saturated carbocycles. The predicted octanol–water partition coefficient (Wildman–Crippen LogP) is 3.62. The average molecular weight is 538 g/mol. The van der Waals surface area contributed by atoms with Gasteiger partial charge in [-0.2, -0.15) is 0 Å². The van der Waals surface area contributed by atoms with Crippen molar-refractivity contribution in [2.24, 2.45) is 0 Å². The molecule has 4 atom stereocenters. The van der Waals surface area contributed by atoms with Crippen LogP contribution in [0.4, 0.5) is 0 Å². The van der Waals surface area contributed by atoms with Crippen molar-refractivity contribution in [1.82, 2.24) is 14.2 Å². The Hall–Kier alpha value is -2.35. The van der Waals surface area contributed by atoms with Crippen LogP contribution >= 0.6 is 8.53 Å². The van der Waals surface area contributed by atoms with Crippen LogP contribution in [0.25, 0.3) is 0 Å². The van der Waals surface area contributed by atoms with E-state index < -0.39 is 22.3 Å². The van der Waals surface area contributed by atoms with E-state index in [1.807, 2.05) is 0 Å². The second-order valence-corrected chi connectivity index (χ2v) is 16.0. The highest BCUT2D eigenvalue weighted by Gasteiger charge is 2.50. The highest BCUT2D eigenvalue weighted by Crippen LogP contribution is 2.57. The van der Waals surface area contributed by atoms with Crippen LogP contribution in [0.3, 0.4) is 0 Å². The summed E-state index contributed by atoms with van der Waals surface area (Å²) in [5.74, 6) is 0. The van der Waals surface area contributed by atoms with Crippen molar-refractivity contribution in [3.8, 4) is 0 Å². The number of nitrogens with one attached hydrogen (secondary N) is 1. The number of fused-ring (bicyclic) bond motifs is 1. The molecule has 3 heterocycles. The lowest BCUT2D eigenvalue weighted by molar-refractivity contribution is 0.145. The minimum absolute atomic E-state index is 0.112. The molecular weight excluding hydrogens is 501 g/mol. The molecule has 9 heteroatoms. The number of aromatic nitrogens is 2. The molecule has 1 aromatic heterocycles. The van der Waals surface area contributed by atoms with Crippen molar-refractivity contribution in [3.05, 3.63) is 93.3 Å². The minimum Gasteiger partial charge on any atom is -0.317 e. The van der Waals surface area contributed by atoms with E-state index in [0.717, 1.165) is 31.9 Å². The third-order valence-corrected chi connectivity index (χ3v) is 14.1. The first-order chi connectivity index (χ1) is 17.9. The fraction of sp³-hybridized carbons (Fsp3) is 0.429. The summed E-state index contributed by atoms with van der Waals surface area (Å²) in [6, 6.07) is 23.2. The number of aromatic amines is 1. The maximum absolute atomic E-state index is 12.4. The van der Waals surface area contributed by atoms with Crippen LogP contribution < -0.4 is 21.6 Å². The number of nitrogens with zero attached hydrogens (tertiary/aromatic N) is 2. The second kappa shape index (κ2) is 11.2. The molecule has 196 valence electrons. The summed E-state index contributed by atoms with van der Waals surface area (Å²) in [7, 11) is -3.27. The molecule has 7 nitrogen and oxygen atoms in total. The van der Waals surface area contributed by atoms with Gasteiger partial charge in [0, 0.05) is 24.3 Å². The predicted molar refractivity (Wildman–Crippen MR) is 151 cm³/mol. The summed E-state index contributed by atoms with van der Waals surface area (Å²) in [5, 5.41) is 2.84. The summed E-state index contributed by atoms with van der Waals surface area (Å²) < 4.78 is 17.3. The zero-order valence-corrected chi connectivity index (χ0v) is 23.7. The van der Waals surface area contributed by atoms with Crippen molar-refractivity contribution >= 4 is 27.0 Å². The third kappa shape index (κ3) is 5.45. The van der Waals surface area contributed by atoms with Crippen molar-refractivity contribution in [3.63, 3.8) is 0 Å². The van der Waals surface area contributed by atoms with Gasteiger partial charge in [-0.05, 0) is 32.2 Å². The minimum atomic E-state index is -2.06. The van der Waals surface area contributed by atoms with Crippen LogP contribution in [0.1, 0.15) is 31.7 Å². The molecule has 5 rings (SSSR count). The third-order valence-electron chi connectivity index (χ3n) is 7.85. The molecule has 3 aromatic rings. The van der Waals surface area contributed by atoms with E-state index in [1.165, 1.54) is 10.4 Å². The largest absolute Gasteiger partial charge is 0.328 e. The van der Waals surface area contributed by atoms with Crippen LogP contribution in [-0.2, 0) is 15.6 Å². The van der Waals surface area contributed by atoms with Crippen molar-refractivity contribution < 1.29 is 9.05 Å². The maximum atomic E-state index is 12.4. The van der Waals surface area contributed by atoms with Crippen LogP contribution in [-0.4, -0.2) is 47.1 Å². The van der Waals surface area contributed by atoms with Gasteiger partial charge in [-0.25, -0.2) is 9.46 Å². The van der Waals surface area contributed by atoms with Crippen LogP contribution in [0.2, 0.25) is 12.6 Å². The Morgan fingerprint density at radius 3 is 2.38 bits per heavy atom. The summed E-state index contributed by atoms with van der Waals surface area (Å²) in [5.41, 5.74) is -0.226. The Morgan fingerprint density at radius 2 is 1.76 bits per heavy atom. The summed E-state index contributed by atoms with van der Waals surface area (Å²) in [6.45, 7) is 7.60. The molecule has 2 aliphatic heterocycles. The monoisotopic (exact) mass is 537 g/mol. The summed E-state index contributed by atoms with van der Waals surface area (Å²) >= 11 is 0. The Kier molecular flexibility index (Phi) is 7.93. The van der Waals surface area contributed by atoms with Crippen LogP contribution in [0, 0.1) is 6.92 Å². The average Bonchev–Trinajstić information content (AvgIpc) is 3.52. The van der Waals surface area contributed by atoms with Gasteiger partial charge >= 0.3 is 5.69 Å². The molecule has 1 N–H and O–H groups in total. The molecule has 0 bridgehead atoms.